The van der Waals surface area contributed by atoms with Crippen LogP contribution in [0.4, 0.5) is 5.82 Å². The number of morpholine rings is 1. The van der Waals surface area contributed by atoms with Crippen LogP contribution in [0.5, 0.6) is 0 Å². The van der Waals surface area contributed by atoms with E-state index >= 15 is 0 Å². The Morgan fingerprint density at radius 3 is 2.85 bits per heavy atom. The Morgan fingerprint density at radius 1 is 1.18 bits per heavy atom. The maximum atomic E-state index is 13.2. The van der Waals surface area contributed by atoms with E-state index in [0.717, 1.165) is 46.6 Å². The van der Waals surface area contributed by atoms with Crippen molar-refractivity contribution in [3.8, 4) is 16.9 Å². The van der Waals surface area contributed by atoms with Crippen molar-refractivity contribution in [2.75, 3.05) is 24.7 Å². The van der Waals surface area contributed by atoms with Crippen LogP contribution in [0.25, 0.3) is 28.0 Å². The van der Waals surface area contributed by atoms with Gasteiger partial charge in [0.15, 0.2) is 16.4 Å². The Kier molecular flexibility index (Phi) is 5.30. The fourth-order valence-corrected chi connectivity index (χ4v) is 5.47. The van der Waals surface area contributed by atoms with E-state index in [1.807, 2.05) is 36.5 Å². The number of anilines is 1. The molecule has 6 rings (SSSR count). The minimum atomic E-state index is -1.30. The van der Waals surface area contributed by atoms with Gasteiger partial charge in [-0.25, -0.2) is 4.98 Å². The lowest BCUT2D eigenvalue weighted by Gasteiger charge is -2.34. The zero-order valence-electron chi connectivity index (χ0n) is 18.3. The van der Waals surface area contributed by atoms with Gasteiger partial charge in [-0.05, 0) is 38.0 Å². The summed E-state index contributed by atoms with van der Waals surface area (Å²) in [4.78, 5) is 8.04. The molecule has 1 unspecified atom stereocenters. The lowest BCUT2D eigenvalue weighted by atomic mass is 10.0. The Morgan fingerprint density at radius 2 is 2.06 bits per heavy atom. The molecule has 170 valence electrons. The first-order chi connectivity index (χ1) is 16.2. The van der Waals surface area contributed by atoms with Crippen molar-refractivity contribution in [3.05, 3.63) is 48.8 Å². The molecule has 2 fully saturated rings. The summed E-state index contributed by atoms with van der Waals surface area (Å²) in [5, 5.41) is 12.6. The van der Waals surface area contributed by atoms with Gasteiger partial charge >= 0.3 is 0 Å². The highest BCUT2D eigenvalue weighted by molar-refractivity contribution is 7.89. The summed E-state index contributed by atoms with van der Waals surface area (Å²) < 4.78 is 23.8. The van der Waals surface area contributed by atoms with Gasteiger partial charge in [-0.2, -0.15) is 14.9 Å². The number of hydrogen-bond donors (Lipinski definition) is 2. The molecule has 3 aromatic heterocycles. The van der Waals surface area contributed by atoms with E-state index in [1.165, 1.54) is 0 Å². The second-order valence-electron chi connectivity index (χ2n) is 8.53. The monoisotopic (exact) mass is 463 g/mol. The number of aromatic nitrogens is 5. The fourth-order valence-electron chi connectivity index (χ4n) is 4.23. The summed E-state index contributed by atoms with van der Waals surface area (Å²) in [6, 6.07) is 12.4. The van der Waals surface area contributed by atoms with Gasteiger partial charge in [-0.15, -0.1) is 4.72 Å². The summed E-state index contributed by atoms with van der Waals surface area (Å²) in [6.45, 7) is 4.20. The van der Waals surface area contributed by atoms with Gasteiger partial charge in [0.05, 0.1) is 42.9 Å². The number of hydrogen-bond acceptors (Lipinski definition) is 7. The number of aromatic amines is 1. The van der Waals surface area contributed by atoms with Crippen LogP contribution in [0, 0.1) is 0 Å². The third-order valence-electron chi connectivity index (χ3n) is 6.12. The first-order valence-corrected chi connectivity index (χ1v) is 12.3. The van der Waals surface area contributed by atoms with Gasteiger partial charge in [-0.3, -0.25) is 5.10 Å². The van der Waals surface area contributed by atoms with E-state index < -0.39 is 11.4 Å². The minimum absolute atomic E-state index is 0.194. The first-order valence-electron chi connectivity index (χ1n) is 11.2. The van der Waals surface area contributed by atoms with E-state index in [4.69, 9.17) is 9.72 Å². The Bertz CT molecular complexity index is 1270. The van der Waals surface area contributed by atoms with Crippen LogP contribution < -0.4 is 9.62 Å². The number of fused-ring (bicyclic) bond motifs is 1. The van der Waals surface area contributed by atoms with Crippen LogP contribution in [0.2, 0.25) is 0 Å². The number of H-pyrrole nitrogens is 1. The summed E-state index contributed by atoms with van der Waals surface area (Å²) in [6.07, 6.45) is 5.72. The van der Waals surface area contributed by atoms with Crippen molar-refractivity contribution in [2.45, 2.75) is 36.7 Å². The van der Waals surface area contributed by atoms with Crippen molar-refractivity contribution in [3.63, 3.8) is 0 Å². The lowest BCUT2D eigenvalue weighted by Crippen LogP contribution is -2.44. The maximum absolute atomic E-state index is 13.2. The number of benzene rings is 1. The van der Waals surface area contributed by atoms with E-state index in [2.05, 4.69) is 37.9 Å². The van der Waals surface area contributed by atoms with Gasteiger partial charge in [0.25, 0.3) is 0 Å². The van der Waals surface area contributed by atoms with E-state index in [-0.39, 0.29) is 6.04 Å². The van der Waals surface area contributed by atoms with Crippen LogP contribution in [-0.2, 0) is 16.1 Å². The highest BCUT2D eigenvalue weighted by Crippen LogP contribution is 2.37. The minimum Gasteiger partial charge on any atom is -0.593 e. The number of nitrogens with one attached hydrogen (secondary N) is 2. The quantitative estimate of drug-likeness (QED) is 0.424. The molecule has 10 heteroatoms. The molecular weight excluding hydrogens is 438 g/mol. The van der Waals surface area contributed by atoms with Gasteiger partial charge in [0.2, 0.25) is 0 Å². The Hall–Kier alpha value is -2.92. The first kappa shape index (κ1) is 20.7. The lowest BCUT2D eigenvalue weighted by molar-refractivity contribution is 0.0985. The molecule has 4 aromatic rings. The Labute approximate surface area is 194 Å². The van der Waals surface area contributed by atoms with Crippen LogP contribution in [0.15, 0.2) is 53.7 Å². The normalized spacial score (nSPS) is 19.8. The molecule has 0 bridgehead atoms. The number of pyridine rings is 1. The second-order valence-corrected chi connectivity index (χ2v) is 9.74. The van der Waals surface area contributed by atoms with E-state index in [0.29, 0.717) is 30.7 Å². The number of nitrogens with zero attached hydrogens (tertiary/aromatic N) is 5. The topological polar surface area (TPSA) is 107 Å². The van der Waals surface area contributed by atoms with Crippen molar-refractivity contribution in [1.82, 2.24) is 29.7 Å². The molecule has 1 saturated carbocycles. The molecule has 2 aliphatic rings. The average Bonchev–Trinajstić information content (AvgIpc) is 3.31. The fraction of sp³-hybridized carbons (Fsp3) is 0.348. The largest absolute Gasteiger partial charge is 0.593 e. The highest BCUT2D eigenvalue weighted by Gasteiger charge is 2.30. The molecule has 1 aromatic carbocycles. The smallest absolute Gasteiger partial charge is 0.181 e. The number of rotatable bonds is 6. The zero-order chi connectivity index (χ0) is 22.4. The molecular formula is C23H25N7O2S. The summed E-state index contributed by atoms with van der Waals surface area (Å²) in [5.41, 5.74) is 2.58. The van der Waals surface area contributed by atoms with Gasteiger partial charge in [0, 0.05) is 35.3 Å². The molecule has 1 aliphatic heterocycles. The molecule has 2 N–H and O–H groups in total. The van der Waals surface area contributed by atoms with Gasteiger partial charge < -0.3 is 14.2 Å². The van der Waals surface area contributed by atoms with Crippen LogP contribution >= 0.6 is 0 Å². The molecule has 4 heterocycles. The third kappa shape index (κ3) is 3.89. The van der Waals surface area contributed by atoms with Crippen LogP contribution in [0.3, 0.4) is 0 Å². The highest BCUT2D eigenvalue weighted by atomic mass is 32.2. The number of ether oxygens (including phenoxy) is 1. The van der Waals surface area contributed by atoms with Crippen LogP contribution in [-0.4, -0.2) is 61.4 Å². The third-order valence-corrected chi connectivity index (χ3v) is 7.42. The maximum Gasteiger partial charge on any atom is 0.181 e. The molecule has 0 radical (unpaired) electrons. The summed E-state index contributed by atoms with van der Waals surface area (Å²) in [7, 11) is 0. The molecule has 2 atom stereocenters. The van der Waals surface area contributed by atoms with Gasteiger partial charge in [0.1, 0.15) is 5.82 Å². The molecule has 9 nitrogen and oxygen atoms in total. The SMILES string of the molecule is C[C@@H]1COCCN1c1cc(-c2ccccc2[S+]([O-])NC2CC2)c2cnn(-c3cc[nH]n3)c2n1. The van der Waals surface area contributed by atoms with Crippen LogP contribution in [0.1, 0.15) is 19.8 Å². The van der Waals surface area contributed by atoms with Crippen molar-refractivity contribution in [1.29, 1.82) is 0 Å². The van der Waals surface area contributed by atoms with Crippen molar-refractivity contribution in [2.24, 2.45) is 0 Å². The van der Waals surface area contributed by atoms with Gasteiger partial charge in [-0.1, -0.05) is 12.1 Å². The van der Waals surface area contributed by atoms with E-state index in [9.17, 15) is 4.55 Å². The molecule has 0 amide bonds. The molecule has 1 aliphatic carbocycles. The molecule has 0 spiro atoms. The predicted octanol–water partition coefficient (Wildman–Crippen LogP) is 2.81. The Balaban J connectivity index is 1.54. The standard InChI is InChI=1S/C23H25N7O2S/c1-15-14-32-11-10-29(15)22-12-18(17-4-2-3-5-20(17)33(31)28-16-6-7-16)19-13-25-30(23(19)26-22)21-8-9-24-27-21/h2-5,8-9,12-13,15-16,28H,6-7,10-11,14H2,1H3,(H,24,27)/t15-,33?/m1/s1. The molecule has 33 heavy (non-hydrogen) atoms. The average molecular weight is 464 g/mol. The molecule has 1 saturated heterocycles. The zero-order valence-corrected chi connectivity index (χ0v) is 19.1. The van der Waals surface area contributed by atoms with Crippen molar-refractivity contribution >= 4 is 28.2 Å². The van der Waals surface area contributed by atoms with E-state index in [1.54, 1.807) is 10.9 Å². The second kappa shape index (κ2) is 8.45. The predicted molar refractivity (Wildman–Crippen MR) is 127 cm³/mol. The summed E-state index contributed by atoms with van der Waals surface area (Å²) >= 11 is -1.30. The summed E-state index contributed by atoms with van der Waals surface area (Å²) in [5.74, 6) is 1.52. The van der Waals surface area contributed by atoms with Crippen molar-refractivity contribution < 1.29 is 9.29 Å².